The Balaban J connectivity index is 1.52. The van der Waals surface area contributed by atoms with Gasteiger partial charge in [-0.1, -0.05) is 13.0 Å². The number of fused-ring (bicyclic) bond motifs is 2. The number of carbonyl (C=O) groups is 1. The molecule has 0 aliphatic carbocycles. The van der Waals surface area contributed by atoms with Crippen LogP contribution in [0, 0.1) is 0 Å². The molecular formula is C29H40N8O2S. The van der Waals surface area contributed by atoms with Gasteiger partial charge >= 0.3 is 0 Å². The summed E-state index contributed by atoms with van der Waals surface area (Å²) in [5.74, 6) is 2.89. The molecular weight excluding hydrogens is 524 g/mol. The number of aromatic nitrogens is 5. The van der Waals surface area contributed by atoms with E-state index in [0.717, 1.165) is 42.2 Å². The topological polar surface area (TPSA) is 115 Å². The number of amides is 1. The van der Waals surface area contributed by atoms with Gasteiger partial charge in [-0.15, -0.1) is 14.9 Å². The van der Waals surface area contributed by atoms with Crippen molar-refractivity contribution in [3.8, 4) is 11.5 Å². The van der Waals surface area contributed by atoms with Gasteiger partial charge in [0, 0.05) is 42.5 Å². The molecule has 1 amide bonds. The quantitative estimate of drug-likeness (QED) is 0.390. The number of hydrogen-bond donors (Lipinski definition) is 1. The Bertz CT molecular complexity index is 1420. The molecule has 2 aliphatic heterocycles. The highest BCUT2D eigenvalue weighted by atomic mass is 32.2. The second-order valence-electron chi connectivity index (χ2n) is 12.0. The molecule has 0 aromatic carbocycles. The summed E-state index contributed by atoms with van der Waals surface area (Å²) in [7, 11) is 1.97. The van der Waals surface area contributed by atoms with E-state index in [1.807, 2.05) is 63.9 Å². The number of anilines is 2. The number of rotatable bonds is 8. The van der Waals surface area contributed by atoms with E-state index in [1.165, 1.54) is 0 Å². The summed E-state index contributed by atoms with van der Waals surface area (Å²) in [4.78, 5) is 27.5. The molecule has 0 radical (unpaired) electrons. The Morgan fingerprint density at radius 2 is 1.95 bits per heavy atom. The number of carbonyl (C=O) groups excluding carboxylic acids is 1. The van der Waals surface area contributed by atoms with Crippen LogP contribution in [0.2, 0.25) is 0 Å². The Morgan fingerprint density at radius 1 is 1.20 bits per heavy atom. The van der Waals surface area contributed by atoms with Crippen molar-refractivity contribution in [2.45, 2.75) is 97.1 Å². The molecule has 2 unspecified atom stereocenters. The number of nitrogens with zero attached hydrogens (tertiary/aromatic N) is 7. The van der Waals surface area contributed by atoms with Crippen LogP contribution in [0.3, 0.4) is 0 Å². The van der Waals surface area contributed by atoms with Crippen LogP contribution in [0.4, 0.5) is 11.6 Å². The number of hydrogen-bond acceptors (Lipinski definition) is 8. The second kappa shape index (κ2) is 10.8. The van der Waals surface area contributed by atoms with E-state index in [9.17, 15) is 9.35 Å². The highest BCUT2D eigenvalue weighted by Gasteiger charge is 2.37. The molecule has 3 atom stereocenters. The lowest BCUT2D eigenvalue weighted by Crippen LogP contribution is -2.41. The minimum Gasteiger partial charge on any atom is -0.598 e. The summed E-state index contributed by atoms with van der Waals surface area (Å²) in [5, 5.41) is 8.86. The predicted molar refractivity (Wildman–Crippen MR) is 159 cm³/mol. The SMILES string of the molecule is CC[C@H]1CCc2nnc(-c3cccc(N4Cc5c(cc(N(C)C(C)C)nc5C(C)N[S+]([O-])C(C)(C)C)C4=O)n3)n21. The van der Waals surface area contributed by atoms with Gasteiger partial charge in [0.15, 0.2) is 5.82 Å². The Labute approximate surface area is 239 Å². The predicted octanol–water partition coefficient (Wildman–Crippen LogP) is 4.75. The van der Waals surface area contributed by atoms with E-state index in [2.05, 4.69) is 40.3 Å². The van der Waals surface area contributed by atoms with Crippen molar-refractivity contribution in [3.05, 3.63) is 46.9 Å². The zero-order valence-electron chi connectivity index (χ0n) is 24.7. The second-order valence-corrected chi connectivity index (χ2v) is 14.0. The van der Waals surface area contributed by atoms with Crippen LogP contribution in [0.1, 0.15) is 101 Å². The van der Waals surface area contributed by atoms with Crippen LogP contribution in [0.25, 0.3) is 11.5 Å². The van der Waals surface area contributed by atoms with Crippen molar-refractivity contribution in [1.29, 1.82) is 0 Å². The maximum absolute atomic E-state index is 13.9. The summed E-state index contributed by atoms with van der Waals surface area (Å²) >= 11 is -1.30. The van der Waals surface area contributed by atoms with Gasteiger partial charge in [0.25, 0.3) is 5.91 Å². The molecule has 5 rings (SSSR count). The smallest absolute Gasteiger partial charge is 0.260 e. The van der Waals surface area contributed by atoms with E-state index in [-0.39, 0.29) is 18.0 Å². The van der Waals surface area contributed by atoms with Gasteiger partial charge in [-0.3, -0.25) is 9.69 Å². The molecule has 214 valence electrons. The van der Waals surface area contributed by atoms with Crippen LogP contribution in [-0.4, -0.2) is 53.0 Å². The highest BCUT2D eigenvalue weighted by Crippen LogP contribution is 2.36. The van der Waals surface area contributed by atoms with Gasteiger partial charge in [0.05, 0.1) is 23.8 Å². The standard InChI is InChI=1S/C29H40N8O2S/c1-9-19-13-14-24-32-33-27(37(19)24)22-11-10-12-23(30-22)36-16-21-20(28(36)38)15-25(35(8)17(2)3)31-26(21)18(4)34-40(39)29(5,6)7/h10-12,15,17-19,34H,9,13-14,16H2,1-8H3/t18?,19-,40?/m0/s1. The molecule has 0 bridgehead atoms. The molecule has 3 aromatic heterocycles. The van der Waals surface area contributed by atoms with Crippen molar-refractivity contribution >= 4 is 28.9 Å². The largest absolute Gasteiger partial charge is 0.598 e. The minimum absolute atomic E-state index is 0.122. The Kier molecular flexibility index (Phi) is 7.66. The van der Waals surface area contributed by atoms with Crippen LogP contribution in [0.5, 0.6) is 0 Å². The van der Waals surface area contributed by atoms with Gasteiger partial charge in [0.1, 0.15) is 27.9 Å². The van der Waals surface area contributed by atoms with Crippen LogP contribution in [-0.2, 0) is 24.3 Å². The molecule has 0 saturated heterocycles. The minimum atomic E-state index is -1.30. The first-order valence-electron chi connectivity index (χ1n) is 14.1. The van der Waals surface area contributed by atoms with Crippen LogP contribution >= 0.6 is 0 Å². The molecule has 0 fully saturated rings. The Morgan fingerprint density at radius 3 is 2.62 bits per heavy atom. The van der Waals surface area contributed by atoms with Crippen LogP contribution < -0.4 is 14.5 Å². The van der Waals surface area contributed by atoms with Crippen molar-refractivity contribution in [2.75, 3.05) is 16.8 Å². The molecule has 5 heterocycles. The molecule has 40 heavy (non-hydrogen) atoms. The monoisotopic (exact) mass is 564 g/mol. The molecule has 1 N–H and O–H groups in total. The van der Waals surface area contributed by atoms with Crippen molar-refractivity contribution in [3.63, 3.8) is 0 Å². The molecule has 3 aromatic rings. The lowest BCUT2D eigenvalue weighted by molar-refractivity contribution is 0.0996. The fourth-order valence-electron chi connectivity index (χ4n) is 5.25. The maximum atomic E-state index is 13.9. The van der Waals surface area contributed by atoms with Crippen LogP contribution in [0.15, 0.2) is 24.3 Å². The van der Waals surface area contributed by atoms with Crippen molar-refractivity contribution < 1.29 is 9.35 Å². The molecule has 10 nitrogen and oxygen atoms in total. The van der Waals surface area contributed by atoms with Crippen molar-refractivity contribution in [1.82, 2.24) is 29.5 Å². The van der Waals surface area contributed by atoms with E-state index in [0.29, 0.717) is 35.5 Å². The van der Waals surface area contributed by atoms with E-state index in [1.54, 1.807) is 4.90 Å². The molecule has 0 spiro atoms. The summed E-state index contributed by atoms with van der Waals surface area (Å²) in [5.41, 5.74) is 2.86. The van der Waals surface area contributed by atoms with E-state index < -0.39 is 16.1 Å². The first-order chi connectivity index (χ1) is 18.9. The van der Waals surface area contributed by atoms with Gasteiger partial charge in [-0.2, -0.15) is 0 Å². The maximum Gasteiger partial charge on any atom is 0.260 e. The number of pyridine rings is 2. The third-order valence-corrected chi connectivity index (χ3v) is 9.54. The average Bonchev–Trinajstić information content (AvgIpc) is 3.61. The first-order valence-corrected chi connectivity index (χ1v) is 15.2. The third kappa shape index (κ3) is 5.10. The van der Waals surface area contributed by atoms with E-state index in [4.69, 9.17) is 9.97 Å². The zero-order valence-corrected chi connectivity index (χ0v) is 25.5. The molecule has 0 saturated carbocycles. The normalized spacial score (nSPS) is 18.3. The van der Waals surface area contributed by atoms with Gasteiger partial charge < -0.3 is 14.0 Å². The average molecular weight is 565 g/mol. The van der Waals surface area contributed by atoms with Gasteiger partial charge in [0.2, 0.25) is 0 Å². The lowest BCUT2D eigenvalue weighted by atomic mass is 10.0. The van der Waals surface area contributed by atoms with Gasteiger partial charge in [-0.05, 0) is 72.6 Å². The summed E-state index contributed by atoms with van der Waals surface area (Å²) < 4.78 is 17.9. The zero-order chi connectivity index (χ0) is 28.9. The first kappa shape index (κ1) is 28.5. The molecule has 2 aliphatic rings. The summed E-state index contributed by atoms with van der Waals surface area (Å²) in [6.45, 7) is 14.4. The Hall–Kier alpha value is -3.02. The summed E-state index contributed by atoms with van der Waals surface area (Å²) in [6.07, 6.45) is 2.98. The molecule has 11 heteroatoms. The fourth-order valence-corrected chi connectivity index (χ4v) is 6.04. The third-order valence-electron chi connectivity index (χ3n) is 7.86. The fraction of sp³-hybridized carbons (Fsp3) is 0.552. The number of aryl methyl sites for hydroxylation is 1. The number of nitrogens with one attached hydrogen (secondary N) is 1. The lowest BCUT2D eigenvalue weighted by Gasteiger charge is -2.28. The highest BCUT2D eigenvalue weighted by molar-refractivity contribution is 7.90. The summed E-state index contributed by atoms with van der Waals surface area (Å²) in [6, 6.07) is 7.79. The van der Waals surface area contributed by atoms with E-state index >= 15 is 0 Å². The van der Waals surface area contributed by atoms with Crippen molar-refractivity contribution in [2.24, 2.45) is 0 Å². The van der Waals surface area contributed by atoms with Gasteiger partial charge in [-0.25, -0.2) is 9.97 Å².